The summed E-state index contributed by atoms with van der Waals surface area (Å²) < 4.78 is 7.40. The third-order valence-corrected chi connectivity index (χ3v) is 4.99. The lowest BCUT2D eigenvalue weighted by molar-refractivity contribution is 0.500. The number of nitrogens with one attached hydrogen (secondary N) is 1. The average Bonchev–Trinajstić information content (AvgIpc) is 3.11. The monoisotopic (exact) mass is 381 g/mol. The van der Waals surface area contributed by atoms with Crippen LogP contribution >= 0.6 is 38.9 Å². The maximum Gasteiger partial charge on any atom is 0.131 e. The third kappa shape index (κ3) is 3.34. The van der Waals surface area contributed by atoms with E-state index in [0.717, 1.165) is 25.1 Å². The molecule has 2 heterocycles. The predicted molar refractivity (Wildman–Crippen MR) is 92.4 cm³/mol. The molecule has 2 nitrogen and oxygen atoms in total. The Kier molecular flexibility index (Phi) is 4.38. The number of hydrogen-bond donors (Lipinski definition) is 1. The van der Waals surface area contributed by atoms with Crippen LogP contribution in [-0.2, 0) is 0 Å². The summed E-state index contributed by atoms with van der Waals surface area (Å²) in [6.45, 7) is 2.08. The Labute approximate surface area is 140 Å². The highest BCUT2D eigenvalue weighted by Crippen LogP contribution is 2.35. The van der Waals surface area contributed by atoms with Gasteiger partial charge in [0, 0.05) is 15.0 Å². The highest BCUT2D eigenvalue weighted by Gasteiger charge is 2.19. The van der Waals surface area contributed by atoms with Gasteiger partial charge in [0.2, 0.25) is 0 Å². The molecule has 0 aliphatic rings. The van der Waals surface area contributed by atoms with Gasteiger partial charge in [0.25, 0.3) is 0 Å². The number of aryl methyl sites for hydroxylation is 1. The minimum Gasteiger partial charge on any atom is -0.467 e. The second-order valence-corrected chi connectivity index (χ2v) is 7.36. The Morgan fingerprint density at radius 1 is 1.24 bits per heavy atom. The molecule has 0 saturated heterocycles. The van der Waals surface area contributed by atoms with E-state index < -0.39 is 0 Å². The number of anilines is 1. The first kappa shape index (κ1) is 14.7. The molecule has 0 amide bonds. The summed E-state index contributed by atoms with van der Waals surface area (Å²) in [6.07, 6.45) is 1.69. The van der Waals surface area contributed by atoms with Gasteiger partial charge in [0.1, 0.15) is 11.8 Å². The maximum absolute atomic E-state index is 6.08. The zero-order valence-electron chi connectivity index (χ0n) is 11.3. The molecule has 2 aromatic heterocycles. The first-order chi connectivity index (χ1) is 10.1. The number of furan rings is 1. The van der Waals surface area contributed by atoms with Gasteiger partial charge in [-0.05, 0) is 48.9 Å². The van der Waals surface area contributed by atoms with Crippen molar-refractivity contribution in [1.82, 2.24) is 0 Å². The molecule has 5 heteroatoms. The van der Waals surface area contributed by atoms with Crippen molar-refractivity contribution < 1.29 is 4.42 Å². The van der Waals surface area contributed by atoms with Gasteiger partial charge in [0.15, 0.2) is 0 Å². The first-order valence-electron chi connectivity index (χ1n) is 6.45. The van der Waals surface area contributed by atoms with E-state index in [-0.39, 0.29) is 6.04 Å². The van der Waals surface area contributed by atoms with Crippen molar-refractivity contribution in [3.63, 3.8) is 0 Å². The molecule has 1 N–H and O–H groups in total. The van der Waals surface area contributed by atoms with Crippen LogP contribution in [0.25, 0.3) is 0 Å². The van der Waals surface area contributed by atoms with Crippen LogP contribution < -0.4 is 5.32 Å². The van der Waals surface area contributed by atoms with Crippen LogP contribution in [0.4, 0.5) is 5.69 Å². The van der Waals surface area contributed by atoms with Crippen molar-refractivity contribution >= 4 is 44.6 Å². The zero-order chi connectivity index (χ0) is 14.8. The Bertz CT molecular complexity index is 739. The molecule has 3 rings (SSSR count). The average molecular weight is 383 g/mol. The number of thiophene rings is 1. The molecule has 21 heavy (non-hydrogen) atoms. The lowest BCUT2D eigenvalue weighted by Gasteiger charge is -2.18. The molecule has 0 fully saturated rings. The molecule has 3 aromatic rings. The Hall–Kier alpha value is -1.23. The molecule has 1 aromatic carbocycles. The van der Waals surface area contributed by atoms with Gasteiger partial charge in [-0.15, -0.1) is 11.3 Å². The van der Waals surface area contributed by atoms with Gasteiger partial charge < -0.3 is 9.73 Å². The van der Waals surface area contributed by atoms with E-state index in [4.69, 9.17) is 16.0 Å². The van der Waals surface area contributed by atoms with Crippen molar-refractivity contribution in [2.24, 2.45) is 0 Å². The van der Waals surface area contributed by atoms with E-state index in [1.54, 1.807) is 17.6 Å². The van der Waals surface area contributed by atoms with E-state index in [9.17, 15) is 0 Å². The zero-order valence-corrected chi connectivity index (χ0v) is 14.4. The second kappa shape index (κ2) is 6.26. The Morgan fingerprint density at radius 2 is 2.10 bits per heavy atom. The van der Waals surface area contributed by atoms with Crippen LogP contribution in [0.3, 0.4) is 0 Å². The fraction of sp³-hybridized carbons (Fsp3) is 0.125. The van der Waals surface area contributed by atoms with Crippen molar-refractivity contribution in [3.8, 4) is 0 Å². The number of hydrogen-bond acceptors (Lipinski definition) is 3. The van der Waals surface area contributed by atoms with Gasteiger partial charge in [-0.25, -0.2) is 0 Å². The minimum absolute atomic E-state index is 0.0505. The van der Waals surface area contributed by atoms with Crippen LogP contribution in [0.5, 0.6) is 0 Å². The molecule has 1 unspecified atom stereocenters. The van der Waals surface area contributed by atoms with E-state index in [0.29, 0.717) is 0 Å². The summed E-state index contributed by atoms with van der Waals surface area (Å²) in [7, 11) is 0. The van der Waals surface area contributed by atoms with Crippen LogP contribution in [0, 0.1) is 6.92 Å². The van der Waals surface area contributed by atoms with E-state index >= 15 is 0 Å². The third-order valence-electron chi connectivity index (χ3n) is 3.21. The van der Waals surface area contributed by atoms with Crippen molar-refractivity contribution in [3.05, 3.63) is 73.7 Å². The van der Waals surface area contributed by atoms with Gasteiger partial charge >= 0.3 is 0 Å². The standard InChI is InChI=1S/C16H13BrClNOS/c1-10-4-5-11(17)9-12(10)19-16(13-3-2-8-20-13)14-6-7-15(18)21-14/h2-9,16,19H,1H3. The lowest BCUT2D eigenvalue weighted by atomic mass is 10.1. The smallest absolute Gasteiger partial charge is 0.131 e. The minimum atomic E-state index is -0.0505. The van der Waals surface area contributed by atoms with Crippen molar-refractivity contribution in [1.29, 1.82) is 0 Å². The topological polar surface area (TPSA) is 25.2 Å². The van der Waals surface area contributed by atoms with Crippen molar-refractivity contribution in [2.45, 2.75) is 13.0 Å². The maximum atomic E-state index is 6.08. The summed E-state index contributed by atoms with van der Waals surface area (Å²) in [5.74, 6) is 0.868. The largest absolute Gasteiger partial charge is 0.467 e. The van der Waals surface area contributed by atoms with Crippen LogP contribution in [-0.4, -0.2) is 0 Å². The summed E-state index contributed by atoms with van der Waals surface area (Å²) in [5, 5.41) is 3.55. The highest BCUT2D eigenvalue weighted by molar-refractivity contribution is 9.10. The fourth-order valence-electron chi connectivity index (χ4n) is 2.13. The molecule has 1 atom stereocenters. The number of halogens is 2. The molecular formula is C16H13BrClNOS. The SMILES string of the molecule is Cc1ccc(Br)cc1NC(c1ccco1)c1ccc(Cl)s1. The Balaban J connectivity index is 1.98. The van der Waals surface area contributed by atoms with E-state index in [1.807, 2.05) is 30.3 Å². The predicted octanol–water partition coefficient (Wildman–Crippen LogP) is 6.27. The van der Waals surface area contributed by atoms with E-state index in [2.05, 4.69) is 40.3 Å². The molecule has 0 radical (unpaired) electrons. The summed E-state index contributed by atoms with van der Waals surface area (Å²) >= 11 is 11.1. The fourth-order valence-corrected chi connectivity index (χ4v) is 3.61. The van der Waals surface area contributed by atoms with Gasteiger partial charge in [-0.3, -0.25) is 0 Å². The highest BCUT2D eigenvalue weighted by atomic mass is 79.9. The molecule has 0 saturated carbocycles. The van der Waals surface area contributed by atoms with Crippen LogP contribution in [0.15, 0.2) is 57.6 Å². The van der Waals surface area contributed by atoms with Gasteiger partial charge in [-0.1, -0.05) is 33.6 Å². The quantitative estimate of drug-likeness (QED) is 0.575. The summed E-state index contributed by atoms with van der Waals surface area (Å²) in [6, 6.07) is 13.9. The summed E-state index contributed by atoms with van der Waals surface area (Å²) in [4.78, 5) is 1.12. The van der Waals surface area contributed by atoms with Crippen molar-refractivity contribution in [2.75, 3.05) is 5.32 Å². The second-order valence-electron chi connectivity index (χ2n) is 4.69. The van der Waals surface area contributed by atoms with Crippen LogP contribution in [0.2, 0.25) is 4.34 Å². The van der Waals surface area contributed by atoms with Gasteiger partial charge in [0.05, 0.1) is 10.6 Å². The molecule has 0 aliphatic heterocycles. The van der Waals surface area contributed by atoms with Gasteiger partial charge in [-0.2, -0.15) is 0 Å². The number of rotatable bonds is 4. The van der Waals surface area contributed by atoms with E-state index in [1.165, 1.54) is 5.56 Å². The molecular weight excluding hydrogens is 370 g/mol. The lowest BCUT2D eigenvalue weighted by Crippen LogP contribution is -2.11. The number of benzene rings is 1. The first-order valence-corrected chi connectivity index (χ1v) is 8.43. The molecule has 0 bridgehead atoms. The molecule has 108 valence electrons. The molecule has 0 aliphatic carbocycles. The molecule has 0 spiro atoms. The summed E-state index contributed by atoms with van der Waals surface area (Å²) in [5.41, 5.74) is 2.24. The van der Waals surface area contributed by atoms with Crippen LogP contribution in [0.1, 0.15) is 22.2 Å². The Morgan fingerprint density at radius 3 is 2.76 bits per heavy atom. The normalized spacial score (nSPS) is 12.3.